The lowest BCUT2D eigenvalue weighted by Crippen LogP contribution is -2.30. The van der Waals surface area contributed by atoms with Crippen LogP contribution in [0.3, 0.4) is 0 Å². The van der Waals surface area contributed by atoms with Gasteiger partial charge in [0, 0.05) is 4.88 Å². The van der Waals surface area contributed by atoms with E-state index in [9.17, 15) is 4.79 Å². The summed E-state index contributed by atoms with van der Waals surface area (Å²) in [4.78, 5) is 12.9. The lowest BCUT2D eigenvalue weighted by molar-refractivity contribution is -0.152. The van der Waals surface area contributed by atoms with Crippen LogP contribution in [0.1, 0.15) is 43.9 Å². The summed E-state index contributed by atoms with van der Waals surface area (Å²) in [6, 6.07) is 3.97. The number of thiophene rings is 1. The van der Waals surface area contributed by atoms with Crippen molar-refractivity contribution in [3.8, 4) is 0 Å². The molecule has 1 aliphatic rings. The van der Waals surface area contributed by atoms with E-state index >= 15 is 0 Å². The predicted molar refractivity (Wildman–Crippen MR) is 70.2 cm³/mol. The molecule has 1 aromatic rings. The Kier molecular flexibility index (Phi) is 4.60. The second-order valence-corrected chi connectivity index (χ2v) is 5.77. The van der Waals surface area contributed by atoms with Gasteiger partial charge in [-0.05, 0) is 43.0 Å². The first kappa shape index (κ1) is 12.6. The smallest absolute Gasteiger partial charge is 0.311 e. The average Bonchev–Trinajstić information content (AvgIpc) is 2.82. The molecule has 0 bridgehead atoms. The Morgan fingerprint density at radius 2 is 2.29 bits per heavy atom. The third-order valence-electron chi connectivity index (χ3n) is 3.55. The van der Waals surface area contributed by atoms with Crippen molar-refractivity contribution in [2.45, 2.75) is 51.6 Å². The minimum atomic E-state index is -0.0576. The molecule has 2 unspecified atom stereocenters. The van der Waals surface area contributed by atoms with Crippen LogP contribution in [0.2, 0.25) is 0 Å². The predicted octanol–water partition coefficient (Wildman–Crippen LogP) is 3.80. The van der Waals surface area contributed by atoms with Crippen molar-refractivity contribution in [2.24, 2.45) is 5.92 Å². The highest BCUT2D eigenvalue weighted by Crippen LogP contribution is 2.29. The third kappa shape index (κ3) is 3.56. The monoisotopic (exact) mass is 252 g/mol. The van der Waals surface area contributed by atoms with Gasteiger partial charge in [-0.25, -0.2) is 0 Å². The first-order valence-electron chi connectivity index (χ1n) is 6.51. The molecule has 0 aromatic carbocycles. The maximum atomic E-state index is 11.8. The summed E-state index contributed by atoms with van der Waals surface area (Å²) in [6.07, 6.45) is 6.48. The van der Waals surface area contributed by atoms with E-state index in [0.717, 1.165) is 17.7 Å². The topological polar surface area (TPSA) is 26.3 Å². The van der Waals surface area contributed by atoms with Crippen LogP contribution in [-0.4, -0.2) is 12.1 Å². The second kappa shape index (κ2) is 6.20. The highest BCUT2D eigenvalue weighted by molar-refractivity contribution is 7.10. The van der Waals surface area contributed by atoms with E-state index in [0.29, 0.717) is 12.3 Å². The molecule has 2 atom stereocenters. The zero-order chi connectivity index (χ0) is 12.1. The van der Waals surface area contributed by atoms with E-state index in [1.54, 1.807) is 11.3 Å². The summed E-state index contributed by atoms with van der Waals surface area (Å²) in [6.45, 7) is 2.19. The molecule has 0 amide bonds. The van der Waals surface area contributed by atoms with Crippen LogP contribution >= 0.6 is 11.3 Å². The van der Waals surface area contributed by atoms with E-state index < -0.39 is 0 Å². The van der Waals surface area contributed by atoms with Gasteiger partial charge in [-0.3, -0.25) is 4.79 Å². The number of carbonyl (C=O) groups is 1. The molecule has 0 N–H and O–H groups in total. The molecule has 94 valence electrons. The molecule has 3 heteroatoms. The molecule has 1 aliphatic carbocycles. The van der Waals surface area contributed by atoms with Gasteiger partial charge in [0.1, 0.15) is 6.10 Å². The lowest BCUT2D eigenvalue weighted by atomic mass is 9.85. The molecule has 1 fully saturated rings. The average molecular weight is 252 g/mol. The standard InChI is InChI=1S/C14H20O2S/c1-2-11-6-3-4-8-13(11)16-14(15)10-12-7-5-9-17-12/h5,7,9,11,13H,2-4,6,8,10H2,1H3. The van der Waals surface area contributed by atoms with Gasteiger partial charge in [-0.15, -0.1) is 11.3 Å². The van der Waals surface area contributed by atoms with Gasteiger partial charge >= 0.3 is 5.97 Å². The van der Waals surface area contributed by atoms with Crippen molar-refractivity contribution < 1.29 is 9.53 Å². The molecule has 0 saturated heterocycles. The van der Waals surface area contributed by atoms with Gasteiger partial charge in [0.25, 0.3) is 0 Å². The second-order valence-electron chi connectivity index (χ2n) is 4.74. The van der Waals surface area contributed by atoms with Crippen molar-refractivity contribution in [3.63, 3.8) is 0 Å². The van der Waals surface area contributed by atoms with Crippen LogP contribution in [0.25, 0.3) is 0 Å². The van der Waals surface area contributed by atoms with E-state index in [4.69, 9.17) is 4.74 Å². The molecule has 0 aliphatic heterocycles. The van der Waals surface area contributed by atoms with Crippen LogP contribution in [-0.2, 0) is 16.0 Å². The van der Waals surface area contributed by atoms with Crippen molar-refractivity contribution in [1.82, 2.24) is 0 Å². The number of hydrogen-bond acceptors (Lipinski definition) is 3. The zero-order valence-electron chi connectivity index (χ0n) is 10.4. The van der Waals surface area contributed by atoms with E-state index in [1.165, 1.54) is 19.3 Å². The fourth-order valence-electron chi connectivity index (χ4n) is 2.56. The summed E-state index contributed by atoms with van der Waals surface area (Å²) in [5, 5.41) is 2.00. The Morgan fingerprint density at radius 3 is 3.00 bits per heavy atom. The summed E-state index contributed by atoms with van der Waals surface area (Å²) in [5.74, 6) is 0.522. The SMILES string of the molecule is CCC1CCCCC1OC(=O)Cc1cccs1. The van der Waals surface area contributed by atoms with Crippen molar-refractivity contribution in [1.29, 1.82) is 0 Å². The molecule has 0 radical (unpaired) electrons. The summed E-state index contributed by atoms with van der Waals surface area (Å²) < 4.78 is 5.64. The molecular weight excluding hydrogens is 232 g/mol. The molecule has 2 rings (SSSR count). The Bertz CT molecular complexity index is 345. The van der Waals surface area contributed by atoms with E-state index in [2.05, 4.69) is 6.92 Å². The summed E-state index contributed by atoms with van der Waals surface area (Å²) >= 11 is 1.62. The molecular formula is C14H20O2S. The van der Waals surface area contributed by atoms with E-state index in [1.807, 2.05) is 17.5 Å². The molecule has 17 heavy (non-hydrogen) atoms. The first-order valence-corrected chi connectivity index (χ1v) is 7.39. The molecule has 2 nitrogen and oxygen atoms in total. The van der Waals surface area contributed by atoms with Gasteiger partial charge < -0.3 is 4.74 Å². The first-order chi connectivity index (χ1) is 8.29. The Labute approximate surface area is 107 Å². The van der Waals surface area contributed by atoms with Gasteiger partial charge in [0.05, 0.1) is 6.42 Å². The van der Waals surface area contributed by atoms with Crippen LogP contribution < -0.4 is 0 Å². The zero-order valence-corrected chi connectivity index (χ0v) is 11.2. The maximum Gasteiger partial charge on any atom is 0.311 e. The minimum Gasteiger partial charge on any atom is -0.462 e. The van der Waals surface area contributed by atoms with Crippen molar-refractivity contribution >= 4 is 17.3 Å². The van der Waals surface area contributed by atoms with E-state index in [-0.39, 0.29) is 12.1 Å². The number of esters is 1. The molecule has 1 saturated carbocycles. The number of rotatable bonds is 4. The van der Waals surface area contributed by atoms with Crippen molar-refractivity contribution in [3.05, 3.63) is 22.4 Å². The van der Waals surface area contributed by atoms with Gasteiger partial charge in [0.2, 0.25) is 0 Å². The summed E-state index contributed by atoms with van der Waals surface area (Å²) in [5.41, 5.74) is 0. The van der Waals surface area contributed by atoms with Gasteiger partial charge in [0.15, 0.2) is 0 Å². The third-order valence-corrected chi connectivity index (χ3v) is 4.42. The summed E-state index contributed by atoms with van der Waals surface area (Å²) in [7, 11) is 0. The van der Waals surface area contributed by atoms with Crippen LogP contribution in [0, 0.1) is 5.92 Å². The van der Waals surface area contributed by atoms with Gasteiger partial charge in [-0.1, -0.05) is 19.4 Å². The molecule has 0 spiro atoms. The van der Waals surface area contributed by atoms with Crippen LogP contribution in [0.15, 0.2) is 17.5 Å². The molecule has 1 heterocycles. The van der Waals surface area contributed by atoms with Crippen LogP contribution in [0.5, 0.6) is 0 Å². The van der Waals surface area contributed by atoms with Crippen molar-refractivity contribution in [2.75, 3.05) is 0 Å². The Balaban J connectivity index is 1.84. The fourth-order valence-corrected chi connectivity index (χ4v) is 3.25. The Morgan fingerprint density at radius 1 is 1.47 bits per heavy atom. The largest absolute Gasteiger partial charge is 0.462 e. The fraction of sp³-hybridized carbons (Fsp3) is 0.643. The quantitative estimate of drug-likeness (QED) is 0.762. The minimum absolute atomic E-state index is 0.0576. The van der Waals surface area contributed by atoms with Gasteiger partial charge in [-0.2, -0.15) is 0 Å². The van der Waals surface area contributed by atoms with Crippen LogP contribution in [0.4, 0.5) is 0 Å². The normalized spacial score (nSPS) is 24.5. The lowest BCUT2D eigenvalue weighted by Gasteiger charge is -2.30. The number of carbonyl (C=O) groups excluding carboxylic acids is 1. The Hall–Kier alpha value is -0.830. The highest BCUT2D eigenvalue weighted by Gasteiger charge is 2.26. The maximum absolute atomic E-state index is 11.8. The number of hydrogen-bond donors (Lipinski definition) is 0. The molecule has 1 aromatic heterocycles. The highest BCUT2D eigenvalue weighted by atomic mass is 32.1. The number of ether oxygens (including phenoxy) is 1.